The van der Waals surface area contributed by atoms with Gasteiger partial charge in [0.1, 0.15) is 5.69 Å². The summed E-state index contributed by atoms with van der Waals surface area (Å²) in [6, 6.07) is 3.19. The van der Waals surface area contributed by atoms with Crippen LogP contribution in [0.15, 0.2) is 30.6 Å². The van der Waals surface area contributed by atoms with Gasteiger partial charge in [0, 0.05) is 12.4 Å². The fraction of sp³-hybridized carbons (Fsp3) is 0.0909. The number of carboxylic acids is 1. The van der Waals surface area contributed by atoms with E-state index >= 15 is 0 Å². The lowest BCUT2D eigenvalue weighted by molar-refractivity contribution is -0.141. The standard InChI is InChI=1S/C11H6F3N3O2/c12-11(13,14)7-3-2-6(8(17-7)10(18)19)9-15-4-1-5-16-9/h1-5H,(H,18,19). The van der Waals surface area contributed by atoms with E-state index in [9.17, 15) is 18.0 Å². The molecule has 0 fully saturated rings. The van der Waals surface area contributed by atoms with Gasteiger partial charge in [-0.15, -0.1) is 0 Å². The van der Waals surface area contributed by atoms with Crippen LogP contribution in [0.25, 0.3) is 11.4 Å². The molecule has 0 bridgehead atoms. The van der Waals surface area contributed by atoms with Gasteiger partial charge in [0.25, 0.3) is 0 Å². The van der Waals surface area contributed by atoms with Crippen molar-refractivity contribution >= 4 is 5.97 Å². The van der Waals surface area contributed by atoms with Crippen LogP contribution in [0.5, 0.6) is 0 Å². The first-order valence-corrected chi connectivity index (χ1v) is 4.98. The van der Waals surface area contributed by atoms with E-state index in [4.69, 9.17) is 5.11 Å². The largest absolute Gasteiger partial charge is 0.476 e. The summed E-state index contributed by atoms with van der Waals surface area (Å²) in [6.07, 6.45) is -2.00. The summed E-state index contributed by atoms with van der Waals surface area (Å²) in [5.41, 5.74) is -2.08. The van der Waals surface area contributed by atoms with Gasteiger partial charge in [-0.3, -0.25) is 0 Å². The first-order chi connectivity index (χ1) is 8.89. The third kappa shape index (κ3) is 2.67. The van der Waals surface area contributed by atoms with Crippen LogP contribution < -0.4 is 0 Å². The molecular formula is C11H6F3N3O2. The Morgan fingerprint density at radius 2 is 1.79 bits per heavy atom. The van der Waals surface area contributed by atoms with Crippen LogP contribution in [0.3, 0.4) is 0 Å². The van der Waals surface area contributed by atoms with E-state index in [1.54, 1.807) is 0 Å². The highest BCUT2D eigenvalue weighted by molar-refractivity contribution is 5.92. The third-order valence-electron chi connectivity index (χ3n) is 2.19. The summed E-state index contributed by atoms with van der Waals surface area (Å²) in [6.45, 7) is 0. The van der Waals surface area contributed by atoms with Gasteiger partial charge in [0.05, 0.1) is 5.56 Å². The maximum atomic E-state index is 12.5. The Labute approximate surface area is 104 Å². The van der Waals surface area contributed by atoms with Crippen LogP contribution in [0.2, 0.25) is 0 Å². The van der Waals surface area contributed by atoms with Crippen LogP contribution in [0, 0.1) is 0 Å². The SMILES string of the molecule is O=C(O)c1nc(C(F)(F)F)ccc1-c1ncccn1. The first-order valence-electron chi connectivity index (χ1n) is 4.98. The van der Waals surface area contributed by atoms with Gasteiger partial charge in [0.15, 0.2) is 11.5 Å². The fourth-order valence-electron chi connectivity index (χ4n) is 1.40. The minimum absolute atomic E-state index is 0.00104. The fourth-order valence-corrected chi connectivity index (χ4v) is 1.40. The molecule has 8 heteroatoms. The lowest BCUT2D eigenvalue weighted by Gasteiger charge is -2.09. The van der Waals surface area contributed by atoms with Gasteiger partial charge >= 0.3 is 12.1 Å². The molecule has 98 valence electrons. The molecule has 2 aromatic heterocycles. The van der Waals surface area contributed by atoms with Crippen LogP contribution in [-0.2, 0) is 6.18 Å². The summed E-state index contributed by atoms with van der Waals surface area (Å²) in [7, 11) is 0. The summed E-state index contributed by atoms with van der Waals surface area (Å²) in [5.74, 6) is -1.57. The molecule has 0 saturated heterocycles. The second-order valence-corrected chi connectivity index (χ2v) is 3.47. The number of carbonyl (C=O) groups is 1. The summed E-state index contributed by atoms with van der Waals surface area (Å²) < 4.78 is 37.4. The molecule has 19 heavy (non-hydrogen) atoms. The number of alkyl halides is 3. The number of aromatic carboxylic acids is 1. The van der Waals surface area contributed by atoms with Crippen molar-refractivity contribution in [3.63, 3.8) is 0 Å². The Balaban J connectivity index is 2.61. The van der Waals surface area contributed by atoms with Gasteiger partial charge in [0.2, 0.25) is 0 Å². The quantitative estimate of drug-likeness (QED) is 0.904. The molecule has 0 saturated carbocycles. The Hall–Kier alpha value is -2.51. The zero-order valence-electron chi connectivity index (χ0n) is 9.22. The number of hydrogen-bond acceptors (Lipinski definition) is 4. The van der Waals surface area contributed by atoms with Crippen molar-refractivity contribution in [1.29, 1.82) is 0 Å². The zero-order valence-corrected chi connectivity index (χ0v) is 9.22. The van der Waals surface area contributed by atoms with Gasteiger partial charge in [-0.1, -0.05) is 0 Å². The molecule has 0 aliphatic rings. The summed E-state index contributed by atoms with van der Waals surface area (Å²) in [4.78, 5) is 21.7. The highest BCUT2D eigenvalue weighted by Gasteiger charge is 2.34. The Kier molecular flexibility index (Phi) is 3.16. The molecule has 0 amide bonds. The number of nitrogens with zero attached hydrogens (tertiary/aromatic N) is 3. The molecule has 5 nitrogen and oxygen atoms in total. The predicted molar refractivity (Wildman–Crippen MR) is 57.2 cm³/mol. The van der Waals surface area contributed by atoms with Gasteiger partial charge < -0.3 is 5.11 Å². The van der Waals surface area contributed by atoms with E-state index in [2.05, 4.69) is 15.0 Å². The Bertz CT molecular complexity index is 614. The molecule has 0 spiro atoms. The number of rotatable bonds is 2. The minimum atomic E-state index is -4.71. The predicted octanol–water partition coefficient (Wildman–Crippen LogP) is 2.26. The topological polar surface area (TPSA) is 76.0 Å². The van der Waals surface area contributed by atoms with Crippen molar-refractivity contribution < 1.29 is 23.1 Å². The molecule has 2 rings (SSSR count). The number of carboxylic acid groups (broad SMARTS) is 1. The van der Waals surface area contributed by atoms with E-state index in [0.717, 1.165) is 6.07 Å². The second-order valence-electron chi connectivity index (χ2n) is 3.47. The van der Waals surface area contributed by atoms with E-state index in [0.29, 0.717) is 6.07 Å². The third-order valence-corrected chi connectivity index (χ3v) is 2.19. The lowest BCUT2D eigenvalue weighted by Crippen LogP contribution is -2.13. The molecule has 0 atom stereocenters. The number of pyridine rings is 1. The smallest absolute Gasteiger partial charge is 0.433 e. The van der Waals surface area contributed by atoms with Crippen LogP contribution >= 0.6 is 0 Å². The Morgan fingerprint density at radius 3 is 2.32 bits per heavy atom. The number of halogens is 3. The van der Waals surface area contributed by atoms with E-state index in [1.807, 2.05) is 0 Å². The average molecular weight is 269 g/mol. The Morgan fingerprint density at radius 1 is 1.16 bits per heavy atom. The monoisotopic (exact) mass is 269 g/mol. The highest BCUT2D eigenvalue weighted by atomic mass is 19.4. The van der Waals surface area contributed by atoms with Crippen molar-refractivity contribution in [3.8, 4) is 11.4 Å². The molecular weight excluding hydrogens is 263 g/mol. The number of aromatic nitrogens is 3. The lowest BCUT2D eigenvalue weighted by atomic mass is 10.1. The average Bonchev–Trinajstić information content (AvgIpc) is 2.38. The zero-order chi connectivity index (χ0) is 14.0. The van der Waals surface area contributed by atoms with Crippen molar-refractivity contribution in [2.45, 2.75) is 6.18 Å². The van der Waals surface area contributed by atoms with Crippen molar-refractivity contribution in [2.75, 3.05) is 0 Å². The van der Waals surface area contributed by atoms with Crippen molar-refractivity contribution in [3.05, 3.63) is 42.0 Å². The maximum absolute atomic E-state index is 12.5. The summed E-state index contributed by atoms with van der Waals surface area (Å²) in [5, 5.41) is 8.93. The van der Waals surface area contributed by atoms with E-state index in [1.165, 1.54) is 18.5 Å². The van der Waals surface area contributed by atoms with Gasteiger partial charge in [-0.2, -0.15) is 13.2 Å². The van der Waals surface area contributed by atoms with Gasteiger partial charge in [-0.25, -0.2) is 19.7 Å². The molecule has 0 aliphatic carbocycles. The molecule has 0 unspecified atom stereocenters. The molecule has 0 aliphatic heterocycles. The molecule has 0 radical (unpaired) electrons. The second kappa shape index (κ2) is 4.63. The van der Waals surface area contributed by atoms with E-state index < -0.39 is 23.5 Å². The van der Waals surface area contributed by atoms with Crippen molar-refractivity contribution in [2.24, 2.45) is 0 Å². The summed E-state index contributed by atoms with van der Waals surface area (Å²) >= 11 is 0. The molecule has 2 heterocycles. The minimum Gasteiger partial charge on any atom is -0.476 e. The maximum Gasteiger partial charge on any atom is 0.433 e. The molecule has 0 aromatic carbocycles. The van der Waals surface area contributed by atoms with Crippen LogP contribution in [0.1, 0.15) is 16.2 Å². The normalized spacial score (nSPS) is 11.3. The highest BCUT2D eigenvalue weighted by Crippen LogP contribution is 2.30. The van der Waals surface area contributed by atoms with Crippen LogP contribution in [-0.4, -0.2) is 26.0 Å². The van der Waals surface area contributed by atoms with Gasteiger partial charge in [-0.05, 0) is 18.2 Å². The van der Waals surface area contributed by atoms with Crippen molar-refractivity contribution in [1.82, 2.24) is 15.0 Å². The first kappa shape index (κ1) is 12.9. The number of hydrogen-bond donors (Lipinski definition) is 1. The molecule has 2 aromatic rings. The van der Waals surface area contributed by atoms with E-state index in [-0.39, 0.29) is 11.4 Å². The van der Waals surface area contributed by atoms with Crippen LogP contribution in [0.4, 0.5) is 13.2 Å². The molecule has 1 N–H and O–H groups in total.